The largest absolute Gasteiger partial charge is 0.487 e. The lowest BCUT2D eigenvalue weighted by molar-refractivity contribution is 0.217. The van der Waals surface area contributed by atoms with Gasteiger partial charge in [0.1, 0.15) is 0 Å². The molecule has 5 nitrogen and oxygen atoms in total. The fourth-order valence-corrected chi connectivity index (χ4v) is 2.32. The van der Waals surface area contributed by atoms with Gasteiger partial charge in [0.25, 0.3) is 0 Å². The van der Waals surface area contributed by atoms with Crippen LogP contribution in [0.1, 0.15) is 19.3 Å². The molecule has 2 N–H and O–H groups in total. The molecular formula is C12H12F2N2O3S. The summed E-state index contributed by atoms with van der Waals surface area (Å²) in [6, 6.07) is 3.22. The molecule has 0 atom stereocenters. The van der Waals surface area contributed by atoms with E-state index in [1.54, 1.807) is 0 Å². The monoisotopic (exact) mass is 302 g/mol. The first-order valence-corrected chi connectivity index (χ1v) is 7.34. The molecule has 0 amide bonds. The van der Waals surface area contributed by atoms with E-state index < -0.39 is 32.3 Å². The van der Waals surface area contributed by atoms with Crippen LogP contribution in [0.15, 0.2) is 17.0 Å². The van der Waals surface area contributed by atoms with Crippen molar-refractivity contribution >= 4 is 10.0 Å². The van der Waals surface area contributed by atoms with E-state index in [0.29, 0.717) is 12.1 Å². The fraction of sp³-hybridized carbons (Fsp3) is 0.417. The zero-order valence-electron chi connectivity index (χ0n) is 10.4. The molecule has 108 valence electrons. The average molecular weight is 302 g/mol. The van der Waals surface area contributed by atoms with Gasteiger partial charge in [0, 0.05) is 11.8 Å². The summed E-state index contributed by atoms with van der Waals surface area (Å²) in [5, 5.41) is 13.4. The van der Waals surface area contributed by atoms with Crippen molar-refractivity contribution in [3.8, 4) is 11.8 Å². The van der Waals surface area contributed by atoms with E-state index in [2.05, 4.69) is 0 Å². The van der Waals surface area contributed by atoms with Crippen LogP contribution in [-0.4, -0.2) is 15.0 Å². The van der Waals surface area contributed by atoms with Gasteiger partial charge in [-0.2, -0.15) is 5.26 Å². The summed E-state index contributed by atoms with van der Waals surface area (Å²) in [5.74, 6) is -2.93. The van der Waals surface area contributed by atoms with Gasteiger partial charge in [-0.15, -0.1) is 0 Å². The van der Waals surface area contributed by atoms with Crippen molar-refractivity contribution in [2.24, 2.45) is 10.6 Å². The van der Waals surface area contributed by atoms with E-state index in [1.165, 1.54) is 0 Å². The molecule has 0 heterocycles. The van der Waals surface area contributed by atoms with Crippen LogP contribution in [0.4, 0.5) is 8.78 Å². The van der Waals surface area contributed by atoms with Crippen LogP contribution in [0.3, 0.4) is 0 Å². The van der Waals surface area contributed by atoms with Crippen molar-refractivity contribution in [3.05, 3.63) is 23.8 Å². The molecule has 1 aliphatic carbocycles. The molecule has 1 aromatic rings. The van der Waals surface area contributed by atoms with Crippen molar-refractivity contribution in [2.45, 2.75) is 24.2 Å². The third-order valence-corrected chi connectivity index (χ3v) is 4.13. The predicted octanol–water partition coefficient (Wildman–Crippen LogP) is 1.68. The standard InChI is InChI=1S/C12H12F2N2O3S/c13-9-5-8(20(16,17)18)6-10(14)11(9)19-7-12(1-2-12)3-4-15/h5-6H,1-3,7H2,(H2,16,17,18). The second kappa shape index (κ2) is 5.00. The second-order valence-corrected chi connectivity index (χ2v) is 6.45. The Bertz CT molecular complexity index is 655. The van der Waals surface area contributed by atoms with Crippen molar-refractivity contribution in [1.29, 1.82) is 5.26 Å². The van der Waals surface area contributed by atoms with E-state index in [-0.39, 0.29) is 18.4 Å². The van der Waals surface area contributed by atoms with Gasteiger partial charge in [-0.3, -0.25) is 0 Å². The zero-order chi connectivity index (χ0) is 15.0. The molecule has 1 saturated carbocycles. The van der Waals surface area contributed by atoms with Gasteiger partial charge in [-0.05, 0) is 25.0 Å². The van der Waals surface area contributed by atoms with Gasteiger partial charge >= 0.3 is 0 Å². The highest BCUT2D eigenvalue weighted by Crippen LogP contribution is 2.48. The van der Waals surface area contributed by atoms with Crippen LogP contribution in [-0.2, 0) is 10.0 Å². The highest BCUT2D eigenvalue weighted by molar-refractivity contribution is 7.89. The van der Waals surface area contributed by atoms with Gasteiger partial charge in [0.05, 0.1) is 17.6 Å². The van der Waals surface area contributed by atoms with E-state index in [9.17, 15) is 17.2 Å². The summed E-state index contributed by atoms with van der Waals surface area (Å²) in [4.78, 5) is -0.655. The highest BCUT2D eigenvalue weighted by Gasteiger charge is 2.43. The second-order valence-electron chi connectivity index (χ2n) is 4.88. The summed E-state index contributed by atoms with van der Waals surface area (Å²) in [6.45, 7) is 0.0170. The molecule has 2 rings (SSSR count). The summed E-state index contributed by atoms with van der Waals surface area (Å²) >= 11 is 0. The lowest BCUT2D eigenvalue weighted by Gasteiger charge is -2.14. The van der Waals surface area contributed by atoms with Crippen LogP contribution in [0.25, 0.3) is 0 Å². The molecule has 8 heteroatoms. The third-order valence-electron chi connectivity index (χ3n) is 3.23. The number of nitrogens with zero attached hydrogens (tertiary/aromatic N) is 1. The first-order chi connectivity index (χ1) is 9.27. The maximum absolute atomic E-state index is 13.7. The summed E-state index contributed by atoms with van der Waals surface area (Å²) < 4.78 is 54.5. The lowest BCUT2D eigenvalue weighted by Crippen LogP contribution is -2.16. The molecule has 0 bridgehead atoms. The number of halogens is 2. The predicted molar refractivity (Wildman–Crippen MR) is 65.1 cm³/mol. The number of benzene rings is 1. The number of hydrogen-bond acceptors (Lipinski definition) is 4. The molecule has 0 radical (unpaired) electrons. The van der Waals surface area contributed by atoms with E-state index >= 15 is 0 Å². The average Bonchev–Trinajstić information content (AvgIpc) is 3.07. The van der Waals surface area contributed by atoms with E-state index in [4.69, 9.17) is 15.1 Å². The van der Waals surface area contributed by atoms with Crippen molar-refractivity contribution in [2.75, 3.05) is 6.61 Å². The Labute approximate surface area is 115 Å². The van der Waals surface area contributed by atoms with Crippen LogP contribution >= 0.6 is 0 Å². The van der Waals surface area contributed by atoms with Gasteiger partial charge in [-0.1, -0.05) is 0 Å². The lowest BCUT2D eigenvalue weighted by atomic mass is 10.1. The first kappa shape index (κ1) is 14.7. The SMILES string of the molecule is N#CCC1(COc2c(F)cc(S(N)(=O)=O)cc2F)CC1. The number of sulfonamides is 1. The summed E-state index contributed by atoms with van der Waals surface area (Å²) in [5.41, 5.74) is -0.341. The maximum atomic E-state index is 13.7. The Kier molecular flexibility index (Phi) is 3.67. The van der Waals surface area contributed by atoms with Gasteiger partial charge < -0.3 is 4.74 Å². The normalized spacial score (nSPS) is 16.5. The van der Waals surface area contributed by atoms with Gasteiger partial charge in [0.2, 0.25) is 10.0 Å². The Morgan fingerprint density at radius 2 is 1.90 bits per heavy atom. The smallest absolute Gasteiger partial charge is 0.238 e. The third kappa shape index (κ3) is 3.05. The molecule has 0 spiro atoms. The number of ether oxygens (including phenoxy) is 1. The topological polar surface area (TPSA) is 93.2 Å². The molecule has 0 saturated heterocycles. The molecule has 20 heavy (non-hydrogen) atoms. The Morgan fingerprint density at radius 1 is 1.35 bits per heavy atom. The van der Waals surface area contributed by atoms with Crippen LogP contribution in [0.5, 0.6) is 5.75 Å². The van der Waals surface area contributed by atoms with E-state index in [1.807, 2.05) is 6.07 Å². The molecule has 1 fully saturated rings. The first-order valence-electron chi connectivity index (χ1n) is 5.79. The number of rotatable bonds is 5. The molecule has 1 aliphatic rings. The number of hydrogen-bond donors (Lipinski definition) is 1. The number of nitrogens with two attached hydrogens (primary N) is 1. The van der Waals surface area contributed by atoms with Gasteiger partial charge in [0.15, 0.2) is 17.4 Å². The van der Waals surface area contributed by atoms with Crippen LogP contribution in [0, 0.1) is 28.4 Å². The summed E-state index contributed by atoms with van der Waals surface area (Å²) in [6.07, 6.45) is 1.78. The maximum Gasteiger partial charge on any atom is 0.238 e. The molecule has 0 unspecified atom stereocenters. The van der Waals surface area contributed by atoms with Crippen LogP contribution < -0.4 is 9.88 Å². The fourth-order valence-electron chi connectivity index (χ4n) is 1.78. The molecular weight excluding hydrogens is 290 g/mol. The zero-order valence-corrected chi connectivity index (χ0v) is 11.2. The molecule has 0 aromatic heterocycles. The van der Waals surface area contributed by atoms with E-state index in [0.717, 1.165) is 12.8 Å². The molecule has 1 aromatic carbocycles. The quantitative estimate of drug-likeness (QED) is 0.895. The van der Waals surface area contributed by atoms with Crippen molar-refractivity contribution in [1.82, 2.24) is 0 Å². The Morgan fingerprint density at radius 3 is 2.30 bits per heavy atom. The Balaban J connectivity index is 2.20. The minimum atomic E-state index is -4.18. The van der Waals surface area contributed by atoms with Crippen molar-refractivity contribution in [3.63, 3.8) is 0 Å². The van der Waals surface area contributed by atoms with Crippen molar-refractivity contribution < 1.29 is 21.9 Å². The number of primary sulfonamides is 1. The number of nitriles is 1. The highest BCUT2D eigenvalue weighted by atomic mass is 32.2. The Hall–Kier alpha value is -1.72. The minimum absolute atomic E-state index is 0.0170. The minimum Gasteiger partial charge on any atom is -0.487 e. The molecule has 0 aliphatic heterocycles. The summed E-state index contributed by atoms with van der Waals surface area (Å²) in [7, 11) is -4.18. The van der Waals surface area contributed by atoms with Gasteiger partial charge in [-0.25, -0.2) is 22.3 Å². The van der Waals surface area contributed by atoms with Crippen LogP contribution in [0.2, 0.25) is 0 Å².